The maximum atomic E-state index is 12.3. The summed E-state index contributed by atoms with van der Waals surface area (Å²) in [5.41, 5.74) is 6.62. The second-order valence-corrected chi connectivity index (χ2v) is 7.80. The molecule has 1 aromatic heterocycles. The van der Waals surface area contributed by atoms with Crippen LogP contribution in [0.5, 0.6) is 0 Å². The molecule has 2 rings (SSSR count). The van der Waals surface area contributed by atoms with Crippen LogP contribution in [0.25, 0.3) is 0 Å². The van der Waals surface area contributed by atoms with E-state index in [1.165, 1.54) is 14.1 Å². The second kappa shape index (κ2) is 6.18. The fourth-order valence-corrected chi connectivity index (χ4v) is 3.95. The quantitative estimate of drug-likeness (QED) is 0.866. The predicted molar refractivity (Wildman–Crippen MR) is 86.2 cm³/mol. The molecule has 21 heavy (non-hydrogen) atoms. The van der Waals surface area contributed by atoms with E-state index in [1.54, 1.807) is 12.1 Å². The lowest BCUT2D eigenvalue weighted by Gasteiger charge is -2.13. The maximum Gasteiger partial charge on any atom is 0.249 e. The van der Waals surface area contributed by atoms with Gasteiger partial charge in [0, 0.05) is 25.7 Å². The van der Waals surface area contributed by atoms with Crippen molar-refractivity contribution in [3.8, 4) is 0 Å². The number of anilines is 2. The molecule has 0 aliphatic heterocycles. The Labute approximate surface area is 132 Å². The maximum absolute atomic E-state index is 12.3. The van der Waals surface area contributed by atoms with E-state index in [1.807, 2.05) is 12.1 Å². The molecule has 0 aliphatic rings. The molecule has 0 unspecified atom stereocenters. The van der Waals surface area contributed by atoms with Crippen molar-refractivity contribution >= 4 is 44.0 Å². The van der Waals surface area contributed by atoms with Crippen molar-refractivity contribution in [2.24, 2.45) is 0 Å². The fourth-order valence-electron chi connectivity index (χ4n) is 1.67. The fraction of sp³-hybridized carbons (Fsp3) is 0.250. The first-order valence-corrected chi connectivity index (χ1v) is 8.57. The molecule has 1 aromatic carbocycles. The minimum absolute atomic E-state index is 0.00212. The monoisotopic (exact) mass is 346 g/mol. The summed E-state index contributed by atoms with van der Waals surface area (Å²) in [6.07, 6.45) is 0. The highest BCUT2D eigenvalue weighted by molar-refractivity contribution is 7.89. The van der Waals surface area contributed by atoms with Crippen molar-refractivity contribution in [2.45, 2.75) is 11.4 Å². The zero-order valence-electron chi connectivity index (χ0n) is 11.5. The molecule has 0 bridgehead atoms. The van der Waals surface area contributed by atoms with Gasteiger partial charge in [-0.1, -0.05) is 23.7 Å². The van der Waals surface area contributed by atoms with E-state index < -0.39 is 10.0 Å². The van der Waals surface area contributed by atoms with Crippen molar-refractivity contribution in [1.82, 2.24) is 8.68 Å². The highest BCUT2D eigenvalue weighted by Gasteiger charge is 2.27. The van der Waals surface area contributed by atoms with Crippen LogP contribution in [0, 0.1) is 0 Å². The molecule has 0 saturated heterocycles. The van der Waals surface area contributed by atoms with E-state index in [-0.39, 0.29) is 10.7 Å². The SMILES string of the molecule is CN(C)S(=O)(=O)c1c(N)nsc1NCc1cccc(Cl)c1. The Balaban J connectivity index is 2.27. The van der Waals surface area contributed by atoms with Crippen LogP contribution in [0.4, 0.5) is 10.8 Å². The first kappa shape index (κ1) is 16.0. The summed E-state index contributed by atoms with van der Waals surface area (Å²) in [6.45, 7) is 0.429. The molecule has 114 valence electrons. The number of hydrogen-bond donors (Lipinski definition) is 2. The van der Waals surface area contributed by atoms with Gasteiger partial charge < -0.3 is 11.1 Å². The van der Waals surface area contributed by atoms with Gasteiger partial charge in [-0.3, -0.25) is 0 Å². The number of nitrogens with zero attached hydrogens (tertiary/aromatic N) is 2. The van der Waals surface area contributed by atoms with Gasteiger partial charge in [0.25, 0.3) is 0 Å². The lowest BCUT2D eigenvalue weighted by Crippen LogP contribution is -2.23. The second-order valence-electron chi connectivity index (χ2n) is 4.50. The molecule has 0 radical (unpaired) electrons. The Morgan fingerprint density at radius 1 is 1.43 bits per heavy atom. The van der Waals surface area contributed by atoms with Crippen molar-refractivity contribution in [2.75, 3.05) is 25.1 Å². The molecule has 9 heteroatoms. The Bertz CT molecular complexity index is 743. The van der Waals surface area contributed by atoms with Gasteiger partial charge in [-0.2, -0.15) is 4.37 Å². The third-order valence-corrected chi connectivity index (χ3v) is 5.83. The average molecular weight is 347 g/mol. The van der Waals surface area contributed by atoms with E-state index in [0.717, 1.165) is 21.4 Å². The van der Waals surface area contributed by atoms with Gasteiger partial charge in [0.15, 0.2) is 10.7 Å². The Kier molecular flexibility index (Phi) is 4.72. The number of nitrogen functional groups attached to an aromatic ring is 1. The summed E-state index contributed by atoms with van der Waals surface area (Å²) in [5.74, 6) is 0.00212. The summed E-state index contributed by atoms with van der Waals surface area (Å²) in [5, 5.41) is 4.09. The normalized spacial score (nSPS) is 11.8. The third kappa shape index (κ3) is 3.46. The van der Waals surface area contributed by atoms with Crippen LogP contribution in [-0.2, 0) is 16.6 Å². The van der Waals surface area contributed by atoms with Crippen LogP contribution in [0.15, 0.2) is 29.2 Å². The molecule has 0 atom stereocenters. The molecule has 1 heterocycles. The van der Waals surface area contributed by atoms with E-state index >= 15 is 0 Å². The van der Waals surface area contributed by atoms with Crippen LogP contribution >= 0.6 is 23.1 Å². The van der Waals surface area contributed by atoms with Gasteiger partial charge in [0.1, 0.15) is 5.00 Å². The van der Waals surface area contributed by atoms with Gasteiger partial charge in [0.2, 0.25) is 10.0 Å². The van der Waals surface area contributed by atoms with E-state index in [4.69, 9.17) is 17.3 Å². The number of sulfonamides is 1. The number of aromatic nitrogens is 1. The van der Waals surface area contributed by atoms with E-state index in [9.17, 15) is 8.42 Å². The van der Waals surface area contributed by atoms with Crippen molar-refractivity contribution in [3.63, 3.8) is 0 Å². The zero-order valence-corrected chi connectivity index (χ0v) is 13.9. The minimum atomic E-state index is -3.64. The van der Waals surface area contributed by atoms with Crippen LogP contribution < -0.4 is 11.1 Å². The first-order valence-electron chi connectivity index (χ1n) is 5.98. The van der Waals surface area contributed by atoms with E-state index in [0.29, 0.717) is 16.6 Å². The van der Waals surface area contributed by atoms with Crippen molar-refractivity contribution in [3.05, 3.63) is 34.9 Å². The van der Waals surface area contributed by atoms with Crippen LogP contribution in [-0.4, -0.2) is 31.2 Å². The number of nitrogens with two attached hydrogens (primary N) is 1. The lowest BCUT2D eigenvalue weighted by atomic mass is 10.2. The van der Waals surface area contributed by atoms with Crippen LogP contribution in [0.2, 0.25) is 5.02 Å². The van der Waals surface area contributed by atoms with E-state index in [2.05, 4.69) is 9.69 Å². The largest absolute Gasteiger partial charge is 0.382 e. The molecule has 2 aromatic rings. The molecule has 0 saturated carbocycles. The highest BCUT2D eigenvalue weighted by Crippen LogP contribution is 2.33. The summed E-state index contributed by atoms with van der Waals surface area (Å²) in [6, 6.07) is 7.30. The molecule has 0 fully saturated rings. The highest BCUT2D eigenvalue weighted by atomic mass is 35.5. The minimum Gasteiger partial charge on any atom is -0.382 e. The smallest absolute Gasteiger partial charge is 0.249 e. The Morgan fingerprint density at radius 2 is 2.14 bits per heavy atom. The summed E-state index contributed by atoms with van der Waals surface area (Å²) in [4.78, 5) is 0.0135. The molecule has 6 nitrogen and oxygen atoms in total. The molecule has 0 amide bonds. The van der Waals surface area contributed by atoms with Gasteiger partial charge in [-0.25, -0.2) is 12.7 Å². The molecular formula is C12H15ClN4O2S2. The zero-order chi connectivity index (χ0) is 15.6. The number of nitrogens with one attached hydrogen (secondary N) is 1. The van der Waals surface area contributed by atoms with Gasteiger partial charge >= 0.3 is 0 Å². The molecule has 0 spiro atoms. The topological polar surface area (TPSA) is 88.3 Å². The Hall–Kier alpha value is -1.35. The summed E-state index contributed by atoms with van der Waals surface area (Å²) < 4.78 is 29.5. The van der Waals surface area contributed by atoms with Gasteiger partial charge in [0.05, 0.1) is 0 Å². The summed E-state index contributed by atoms with van der Waals surface area (Å²) in [7, 11) is -0.737. The standard InChI is InChI=1S/C12H15ClN4O2S2/c1-17(2)21(18,19)10-11(14)16-20-12(10)15-7-8-4-3-5-9(13)6-8/h3-6,15H,7H2,1-2H3,(H2,14,16). The van der Waals surface area contributed by atoms with Crippen LogP contribution in [0.1, 0.15) is 5.56 Å². The average Bonchev–Trinajstić information content (AvgIpc) is 2.78. The number of rotatable bonds is 5. The van der Waals surface area contributed by atoms with Crippen molar-refractivity contribution < 1.29 is 8.42 Å². The Morgan fingerprint density at radius 3 is 2.76 bits per heavy atom. The lowest BCUT2D eigenvalue weighted by molar-refractivity contribution is 0.521. The third-order valence-electron chi connectivity index (χ3n) is 2.75. The molecular weight excluding hydrogens is 332 g/mol. The van der Waals surface area contributed by atoms with Gasteiger partial charge in [-0.05, 0) is 29.2 Å². The van der Waals surface area contributed by atoms with Crippen LogP contribution in [0.3, 0.4) is 0 Å². The summed E-state index contributed by atoms with van der Waals surface area (Å²) >= 11 is 6.94. The molecule has 0 aliphatic carbocycles. The first-order chi connectivity index (χ1) is 9.82. The van der Waals surface area contributed by atoms with Crippen molar-refractivity contribution in [1.29, 1.82) is 0 Å². The number of halogens is 1. The number of hydrogen-bond acceptors (Lipinski definition) is 6. The predicted octanol–water partition coefficient (Wildman–Crippen LogP) is 2.24. The number of benzene rings is 1. The van der Waals surface area contributed by atoms with Gasteiger partial charge in [-0.15, -0.1) is 0 Å². The molecule has 3 N–H and O–H groups in total.